The van der Waals surface area contributed by atoms with E-state index in [1.807, 2.05) is 38.1 Å². The molecule has 0 saturated carbocycles. The fraction of sp³-hybridized carbons (Fsp3) is 0.423. The van der Waals surface area contributed by atoms with Gasteiger partial charge in [-0.2, -0.15) is 0 Å². The molecule has 33 heavy (non-hydrogen) atoms. The number of nitrogens with one attached hydrogen (secondary N) is 2. The number of rotatable bonds is 10. The number of amides is 2. The van der Waals surface area contributed by atoms with E-state index in [-0.39, 0.29) is 30.9 Å². The molecule has 0 aliphatic heterocycles. The smallest absolute Gasteiger partial charge is 0.407 e. The van der Waals surface area contributed by atoms with E-state index in [9.17, 15) is 19.5 Å². The molecule has 0 radical (unpaired) electrons. The van der Waals surface area contributed by atoms with Crippen molar-refractivity contribution in [2.24, 2.45) is 11.8 Å². The van der Waals surface area contributed by atoms with Crippen molar-refractivity contribution in [3.05, 3.63) is 59.7 Å². The Morgan fingerprint density at radius 2 is 1.55 bits per heavy atom. The van der Waals surface area contributed by atoms with E-state index in [0.29, 0.717) is 12.8 Å². The van der Waals surface area contributed by atoms with E-state index in [1.165, 1.54) is 0 Å². The van der Waals surface area contributed by atoms with Crippen LogP contribution in [0.4, 0.5) is 4.79 Å². The summed E-state index contributed by atoms with van der Waals surface area (Å²) < 4.78 is 5.51. The zero-order chi connectivity index (χ0) is 24.0. The second-order valence-electron chi connectivity index (χ2n) is 8.52. The normalized spacial score (nSPS) is 15.0. The van der Waals surface area contributed by atoms with Gasteiger partial charge in [0.15, 0.2) is 0 Å². The predicted octanol–water partition coefficient (Wildman–Crippen LogP) is 4.17. The third kappa shape index (κ3) is 5.53. The minimum absolute atomic E-state index is 0.0414. The number of carbonyl (C=O) groups excluding carboxylic acids is 2. The van der Waals surface area contributed by atoms with Gasteiger partial charge in [0, 0.05) is 12.5 Å². The second-order valence-corrected chi connectivity index (χ2v) is 8.52. The molecule has 1 aliphatic rings. The molecule has 3 N–H and O–H groups in total. The van der Waals surface area contributed by atoms with Crippen molar-refractivity contribution in [3.8, 4) is 11.1 Å². The highest BCUT2D eigenvalue weighted by Crippen LogP contribution is 2.44. The van der Waals surface area contributed by atoms with Gasteiger partial charge in [-0.25, -0.2) is 9.59 Å². The van der Waals surface area contributed by atoms with Gasteiger partial charge >= 0.3 is 12.1 Å². The maximum atomic E-state index is 12.6. The van der Waals surface area contributed by atoms with Crippen molar-refractivity contribution < 1.29 is 24.2 Å². The van der Waals surface area contributed by atoms with Crippen LogP contribution >= 0.6 is 0 Å². The van der Waals surface area contributed by atoms with Crippen LogP contribution in [-0.2, 0) is 14.3 Å². The average Bonchev–Trinajstić information content (AvgIpc) is 3.14. The third-order valence-electron chi connectivity index (χ3n) is 6.48. The standard InChI is InChI=1S/C26H32N2O5/c1-4-16(3)23(25(30)31)28-24(29)17(5-2)14-27-26(32)33-15-22-20-12-8-6-10-18(20)19-11-7-9-13-21(19)22/h6-13,16-17,22-23H,4-5,14-15H2,1-3H3,(H,27,32)(H,28,29)(H,30,31)/t16-,17?,23-/m0/s1. The molecule has 0 aromatic heterocycles. The number of carboxylic acid groups (broad SMARTS) is 1. The van der Waals surface area contributed by atoms with Gasteiger partial charge in [0.2, 0.25) is 5.91 Å². The molecule has 2 aromatic rings. The maximum absolute atomic E-state index is 12.6. The first-order valence-electron chi connectivity index (χ1n) is 11.5. The molecule has 3 atom stereocenters. The molecule has 176 valence electrons. The van der Waals surface area contributed by atoms with Crippen LogP contribution in [0.1, 0.15) is 50.7 Å². The van der Waals surface area contributed by atoms with Gasteiger partial charge in [-0.15, -0.1) is 0 Å². The topological polar surface area (TPSA) is 105 Å². The van der Waals surface area contributed by atoms with Gasteiger partial charge in [0.05, 0.1) is 5.92 Å². The minimum atomic E-state index is -1.06. The lowest BCUT2D eigenvalue weighted by molar-refractivity contribution is -0.144. The first-order chi connectivity index (χ1) is 15.9. The highest BCUT2D eigenvalue weighted by atomic mass is 16.5. The van der Waals surface area contributed by atoms with Crippen molar-refractivity contribution in [2.45, 2.75) is 45.6 Å². The Balaban J connectivity index is 1.56. The Morgan fingerprint density at radius 3 is 2.06 bits per heavy atom. The summed E-state index contributed by atoms with van der Waals surface area (Å²) in [6.07, 6.45) is 0.494. The van der Waals surface area contributed by atoms with Gasteiger partial charge in [0.1, 0.15) is 12.6 Å². The van der Waals surface area contributed by atoms with Gasteiger partial charge in [0.25, 0.3) is 0 Å². The first-order valence-corrected chi connectivity index (χ1v) is 11.5. The van der Waals surface area contributed by atoms with Crippen molar-refractivity contribution in [3.63, 3.8) is 0 Å². The van der Waals surface area contributed by atoms with E-state index in [2.05, 4.69) is 34.9 Å². The number of fused-ring (bicyclic) bond motifs is 3. The summed E-state index contributed by atoms with van der Waals surface area (Å²) >= 11 is 0. The molecule has 7 heteroatoms. The van der Waals surface area contributed by atoms with Crippen LogP contribution in [0.3, 0.4) is 0 Å². The lowest BCUT2D eigenvalue weighted by Crippen LogP contribution is -2.49. The highest BCUT2D eigenvalue weighted by molar-refractivity contribution is 5.85. The fourth-order valence-electron chi connectivity index (χ4n) is 4.23. The van der Waals surface area contributed by atoms with Crippen LogP contribution in [0, 0.1) is 11.8 Å². The van der Waals surface area contributed by atoms with Crippen LogP contribution in [0.25, 0.3) is 11.1 Å². The molecule has 1 aliphatic carbocycles. The molecule has 3 rings (SSSR count). The lowest BCUT2D eigenvalue weighted by atomic mass is 9.97. The maximum Gasteiger partial charge on any atom is 0.407 e. The summed E-state index contributed by atoms with van der Waals surface area (Å²) in [5.74, 6) is -2.23. The lowest BCUT2D eigenvalue weighted by Gasteiger charge is -2.23. The molecule has 0 bridgehead atoms. The average molecular weight is 453 g/mol. The Hall–Kier alpha value is -3.35. The van der Waals surface area contributed by atoms with E-state index in [1.54, 1.807) is 6.92 Å². The number of carbonyl (C=O) groups is 3. The molecule has 2 amide bonds. The van der Waals surface area contributed by atoms with Crippen molar-refractivity contribution in [1.82, 2.24) is 10.6 Å². The summed E-state index contributed by atoms with van der Waals surface area (Å²) in [7, 11) is 0. The van der Waals surface area contributed by atoms with Gasteiger partial charge in [-0.05, 0) is 34.6 Å². The van der Waals surface area contributed by atoms with Crippen molar-refractivity contribution >= 4 is 18.0 Å². The van der Waals surface area contributed by atoms with Gasteiger partial charge < -0.3 is 20.5 Å². The van der Waals surface area contributed by atoms with Crippen LogP contribution in [-0.4, -0.2) is 42.3 Å². The Bertz CT molecular complexity index is 960. The number of alkyl carbamates (subject to hydrolysis) is 1. The third-order valence-corrected chi connectivity index (χ3v) is 6.48. The molecular weight excluding hydrogens is 420 g/mol. The number of hydrogen-bond donors (Lipinski definition) is 3. The summed E-state index contributed by atoms with van der Waals surface area (Å²) in [5, 5.41) is 14.7. The summed E-state index contributed by atoms with van der Waals surface area (Å²) in [6.45, 7) is 5.75. The number of hydrogen-bond acceptors (Lipinski definition) is 4. The zero-order valence-electron chi connectivity index (χ0n) is 19.3. The molecule has 0 saturated heterocycles. The molecular formula is C26H32N2O5. The molecule has 2 aromatic carbocycles. The highest BCUT2D eigenvalue weighted by Gasteiger charge is 2.30. The van der Waals surface area contributed by atoms with Gasteiger partial charge in [-0.3, -0.25) is 4.79 Å². The molecule has 0 fully saturated rings. The number of carboxylic acids is 1. The first kappa shape index (κ1) is 24.3. The van der Waals surface area contributed by atoms with E-state index < -0.39 is 24.0 Å². The Labute approximate surface area is 194 Å². The second kappa shape index (κ2) is 11.0. The van der Waals surface area contributed by atoms with Crippen LogP contribution in [0.5, 0.6) is 0 Å². The number of aliphatic carboxylic acids is 1. The fourth-order valence-corrected chi connectivity index (χ4v) is 4.23. The van der Waals surface area contributed by atoms with E-state index in [0.717, 1.165) is 22.3 Å². The monoisotopic (exact) mass is 452 g/mol. The van der Waals surface area contributed by atoms with Crippen LogP contribution in [0.2, 0.25) is 0 Å². The van der Waals surface area contributed by atoms with Crippen LogP contribution < -0.4 is 10.6 Å². The molecule has 0 spiro atoms. The van der Waals surface area contributed by atoms with Gasteiger partial charge in [-0.1, -0.05) is 75.7 Å². The SMILES string of the molecule is CCC(CNC(=O)OCC1c2ccccc2-c2ccccc21)C(=O)N[C@H](C(=O)O)[C@@H](C)CC. The number of ether oxygens (including phenoxy) is 1. The molecule has 1 unspecified atom stereocenters. The van der Waals surface area contributed by atoms with Crippen molar-refractivity contribution in [2.75, 3.05) is 13.2 Å². The summed E-state index contributed by atoms with van der Waals surface area (Å²) in [5.41, 5.74) is 4.56. The minimum Gasteiger partial charge on any atom is -0.480 e. The molecule has 0 heterocycles. The number of benzene rings is 2. The zero-order valence-corrected chi connectivity index (χ0v) is 19.3. The Morgan fingerprint density at radius 1 is 0.970 bits per heavy atom. The van der Waals surface area contributed by atoms with Crippen LogP contribution in [0.15, 0.2) is 48.5 Å². The molecule has 7 nitrogen and oxygen atoms in total. The predicted molar refractivity (Wildman–Crippen MR) is 126 cm³/mol. The van der Waals surface area contributed by atoms with E-state index in [4.69, 9.17) is 4.74 Å². The van der Waals surface area contributed by atoms with Crippen molar-refractivity contribution in [1.29, 1.82) is 0 Å². The quantitative estimate of drug-likeness (QED) is 0.502. The largest absolute Gasteiger partial charge is 0.480 e. The Kier molecular flexibility index (Phi) is 8.09. The summed E-state index contributed by atoms with van der Waals surface area (Å²) in [4.78, 5) is 36.5. The summed E-state index contributed by atoms with van der Waals surface area (Å²) in [6, 6.07) is 15.2. The van der Waals surface area contributed by atoms with E-state index >= 15 is 0 Å².